The lowest BCUT2D eigenvalue weighted by Gasteiger charge is -2.02. The largest absolute Gasteiger partial charge is 0.311 e. The number of nitrogens with zero attached hydrogens (tertiary/aromatic N) is 2. The highest BCUT2D eigenvalue weighted by Gasteiger charge is 2.03. The summed E-state index contributed by atoms with van der Waals surface area (Å²) in [6, 6.07) is 3.01. The zero-order chi connectivity index (χ0) is 19.7. The summed E-state index contributed by atoms with van der Waals surface area (Å²) < 4.78 is 0. The number of halogens is 2. The van der Waals surface area contributed by atoms with Gasteiger partial charge >= 0.3 is 0 Å². The predicted octanol–water partition coefficient (Wildman–Crippen LogP) is 3.84. The third kappa shape index (κ3) is 7.00. The van der Waals surface area contributed by atoms with Crippen molar-refractivity contribution in [3.8, 4) is 0 Å². The molecule has 2 aromatic rings. The Hall–Kier alpha value is -2.77. The monoisotopic (exact) mass is 394 g/mol. The Morgan fingerprint density at radius 1 is 0.962 bits per heavy atom. The predicted molar refractivity (Wildman–Crippen MR) is 103 cm³/mol. The molecule has 2 N–H and O–H groups in total. The second kappa shape index (κ2) is 10.3. The molecular weight excluding hydrogens is 379 g/mol. The number of carbonyl (C=O) groups is 3. The molecule has 7 nitrogen and oxygen atoms in total. The van der Waals surface area contributed by atoms with E-state index in [4.69, 9.17) is 23.2 Å². The Kier molecular flexibility index (Phi) is 8.41. The number of nitrogens with one attached hydrogen (secondary N) is 2. The molecule has 136 valence electrons. The molecule has 0 radical (unpaired) electrons. The van der Waals surface area contributed by atoms with E-state index in [1.807, 2.05) is 0 Å². The van der Waals surface area contributed by atoms with Gasteiger partial charge in [-0.25, -0.2) is 9.97 Å². The third-order valence-electron chi connectivity index (χ3n) is 2.72. The van der Waals surface area contributed by atoms with Crippen molar-refractivity contribution in [3.63, 3.8) is 0 Å². The quantitative estimate of drug-likeness (QED) is 0.766. The normalized spacial score (nSPS) is 9.38. The van der Waals surface area contributed by atoms with Crippen molar-refractivity contribution in [1.29, 1.82) is 0 Å². The van der Waals surface area contributed by atoms with E-state index < -0.39 is 0 Å². The van der Waals surface area contributed by atoms with Gasteiger partial charge in [0.15, 0.2) is 6.29 Å². The molecule has 2 heterocycles. The summed E-state index contributed by atoms with van der Waals surface area (Å²) in [6.45, 7) is 6.35. The third-order valence-corrected chi connectivity index (χ3v) is 3.37. The van der Waals surface area contributed by atoms with Gasteiger partial charge in [-0.15, -0.1) is 0 Å². The van der Waals surface area contributed by atoms with E-state index >= 15 is 0 Å². The first-order chi connectivity index (χ1) is 12.3. The van der Waals surface area contributed by atoms with Crippen LogP contribution in [0.2, 0.25) is 10.0 Å². The maximum Gasteiger partial charge on any atom is 0.222 e. The van der Waals surface area contributed by atoms with E-state index in [0.29, 0.717) is 28.5 Å². The van der Waals surface area contributed by atoms with Crippen molar-refractivity contribution in [2.75, 3.05) is 10.6 Å². The number of amides is 2. The molecule has 0 aromatic carbocycles. The minimum atomic E-state index is -0.234. The number of pyridine rings is 2. The van der Waals surface area contributed by atoms with Crippen molar-refractivity contribution >= 4 is 59.0 Å². The molecule has 0 saturated carbocycles. The molecule has 26 heavy (non-hydrogen) atoms. The van der Waals surface area contributed by atoms with Crippen LogP contribution in [-0.4, -0.2) is 28.1 Å². The van der Waals surface area contributed by atoms with Crippen molar-refractivity contribution in [2.24, 2.45) is 0 Å². The summed E-state index contributed by atoms with van der Waals surface area (Å²) in [5.74, 6) is 0.378. The first kappa shape index (κ1) is 21.3. The molecule has 0 aliphatic carbocycles. The number of rotatable bonds is 4. The lowest BCUT2D eigenvalue weighted by molar-refractivity contribution is -0.115. The topological polar surface area (TPSA) is 101 Å². The first-order valence-corrected chi connectivity index (χ1v) is 7.96. The van der Waals surface area contributed by atoms with E-state index in [1.165, 1.54) is 26.1 Å². The number of hydrogen-bond donors (Lipinski definition) is 2. The van der Waals surface area contributed by atoms with Gasteiger partial charge in [0.25, 0.3) is 0 Å². The van der Waals surface area contributed by atoms with E-state index in [-0.39, 0.29) is 16.8 Å². The zero-order valence-corrected chi connectivity index (χ0v) is 15.6. The number of carbonyl (C=O) groups excluding carboxylic acids is 3. The van der Waals surface area contributed by atoms with Crippen LogP contribution < -0.4 is 10.6 Å². The van der Waals surface area contributed by atoms with Crippen molar-refractivity contribution < 1.29 is 14.4 Å². The number of aromatic nitrogens is 2. The zero-order valence-electron chi connectivity index (χ0n) is 14.0. The molecule has 9 heteroatoms. The smallest absolute Gasteiger partial charge is 0.222 e. The summed E-state index contributed by atoms with van der Waals surface area (Å²) in [4.78, 5) is 39.4. The van der Waals surface area contributed by atoms with Crippen LogP contribution in [0.3, 0.4) is 0 Å². The Balaban J connectivity index is 0.000000260. The van der Waals surface area contributed by atoms with Crippen LogP contribution in [0.1, 0.15) is 29.8 Å². The fourth-order valence-electron chi connectivity index (χ4n) is 1.62. The van der Waals surface area contributed by atoms with Gasteiger partial charge in [-0.05, 0) is 0 Å². The molecule has 0 atom stereocenters. The van der Waals surface area contributed by atoms with Gasteiger partial charge in [0.05, 0.1) is 15.6 Å². The van der Waals surface area contributed by atoms with Crippen LogP contribution in [-0.2, 0) is 9.59 Å². The molecule has 0 saturated heterocycles. The molecule has 0 fully saturated rings. The lowest BCUT2D eigenvalue weighted by Crippen LogP contribution is -2.07. The second-order valence-electron chi connectivity index (χ2n) is 4.87. The molecular formula is C17H16Cl2N4O3. The molecule has 0 bridgehead atoms. The average Bonchev–Trinajstić information content (AvgIpc) is 2.55. The Morgan fingerprint density at radius 3 is 1.69 bits per heavy atom. The molecule has 2 amide bonds. The van der Waals surface area contributed by atoms with Gasteiger partial charge < -0.3 is 10.6 Å². The van der Waals surface area contributed by atoms with E-state index in [9.17, 15) is 14.4 Å². The molecule has 0 spiro atoms. The van der Waals surface area contributed by atoms with Crippen LogP contribution in [0.5, 0.6) is 0 Å². The maximum absolute atomic E-state index is 10.7. The van der Waals surface area contributed by atoms with Gasteiger partial charge in [0.2, 0.25) is 11.8 Å². The highest BCUT2D eigenvalue weighted by Crippen LogP contribution is 2.19. The summed E-state index contributed by atoms with van der Waals surface area (Å²) >= 11 is 11.5. The van der Waals surface area contributed by atoms with Gasteiger partial charge in [-0.3, -0.25) is 14.4 Å². The van der Waals surface area contributed by atoms with E-state index in [2.05, 4.69) is 27.2 Å². The fourth-order valence-corrected chi connectivity index (χ4v) is 2.04. The molecule has 0 aliphatic rings. The van der Waals surface area contributed by atoms with Crippen LogP contribution in [0, 0.1) is 0 Å². The Bertz CT molecular complexity index is 771. The highest BCUT2D eigenvalue weighted by atomic mass is 35.5. The van der Waals surface area contributed by atoms with E-state index in [0.717, 1.165) is 5.56 Å². The standard InChI is InChI=1S/C9H9ClN2O.C8H7ClN2O2/c1-3-7-5-11-9(4-8(7)10)12-6(2)13;1-5(13)11-8-2-7(9)6(4-12)3-10-8/h3-5H,1H2,2H3,(H,11,12,13);2-4H,1H3,(H,10,11,13). The number of hydrogen-bond acceptors (Lipinski definition) is 5. The van der Waals surface area contributed by atoms with Crippen molar-refractivity contribution in [1.82, 2.24) is 9.97 Å². The highest BCUT2D eigenvalue weighted by molar-refractivity contribution is 6.33. The van der Waals surface area contributed by atoms with Gasteiger partial charge in [0, 0.05) is 43.9 Å². The second-order valence-corrected chi connectivity index (χ2v) is 5.68. The maximum atomic E-state index is 10.7. The van der Waals surface area contributed by atoms with Gasteiger partial charge in [0.1, 0.15) is 11.6 Å². The Morgan fingerprint density at radius 2 is 1.38 bits per heavy atom. The van der Waals surface area contributed by atoms with Crippen LogP contribution in [0.4, 0.5) is 11.6 Å². The fraction of sp³-hybridized carbons (Fsp3) is 0.118. The van der Waals surface area contributed by atoms with Crippen LogP contribution >= 0.6 is 23.2 Å². The summed E-state index contributed by atoms with van der Waals surface area (Å²) in [7, 11) is 0. The lowest BCUT2D eigenvalue weighted by atomic mass is 10.3. The Labute approximate surface area is 160 Å². The van der Waals surface area contributed by atoms with Crippen molar-refractivity contribution in [3.05, 3.63) is 52.3 Å². The molecule has 2 aromatic heterocycles. The summed E-state index contributed by atoms with van der Waals surface area (Å²) in [6.07, 6.45) is 5.07. The SMILES string of the molecule is C=Cc1cnc(NC(C)=O)cc1Cl.CC(=O)Nc1cc(Cl)c(C=O)cn1. The van der Waals surface area contributed by atoms with Crippen molar-refractivity contribution in [2.45, 2.75) is 13.8 Å². The summed E-state index contributed by atoms with van der Waals surface area (Å²) in [5.41, 5.74) is 1.05. The van der Waals surface area contributed by atoms with Crippen LogP contribution in [0.25, 0.3) is 6.08 Å². The molecule has 0 aliphatic heterocycles. The summed E-state index contributed by atoms with van der Waals surface area (Å²) in [5, 5.41) is 5.77. The van der Waals surface area contributed by atoms with E-state index in [1.54, 1.807) is 18.3 Å². The average molecular weight is 395 g/mol. The minimum absolute atomic E-state index is 0.171. The van der Waals surface area contributed by atoms with Crippen LogP contribution in [0.15, 0.2) is 31.1 Å². The minimum Gasteiger partial charge on any atom is -0.311 e. The van der Waals surface area contributed by atoms with Gasteiger partial charge in [-0.2, -0.15) is 0 Å². The number of aldehydes is 1. The molecule has 2 rings (SSSR count). The van der Waals surface area contributed by atoms with Gasteiger partial charge in [-0.1, -0.05) is 35.9 Å². The first-order valence-electron chi connectivity index (χ1n) is 7.20. The number of anilines is 2. The molecule has 0 unspecified atom stereocenters.